The maximum Gasteiger partial charge on any atom is 0.0286 e. The first-order chi connectivity index (χ1) is 22.2. The Bertz CT molecular complexity index is 1120. The number of piperidine rings is 2. The van der Waals surface area contributed by atoms with Gasteiger partial charge in [0.2, 0.25) is 0 Å². The number of nitrogens with one attached hydrogen (secondary N) is 2. The molecule has 10 aliphatic rings. The molecule has 0 radical (unpaired) electrons. The van der Waals surface area contributed by atoms with Crippen molar-refractivity contribution >= 4 is 15.8 Å². The van der Waals surface area contributed by atoms with E-state index in [-0.39, 0.29) is 21.3 Å². The van der Waals surface area contributed by atoms with E-state index in [4.69, 9.17) is 0 Å². The van der Waals surface area contributed by atoms with E-state index in [2.05, 4.69) is 49.6 Å². The van der Waals surface area contributed by atoms with E-state index in [1.807, 2.05) is 5.56 Å². The predicted octanol–water partition coefficient (Wildman–Crippen LogP) is 11.1. The zero-order chi connectivity index (χ0) is 31.1. The van der Waals surface area contributed by atoms with E-state index < -0.39 is 0 Å². The molecule has 46 heavy (non-hydrogen) atoms. The lowest BCUT2D eigenvalue weighted by molar-refractivity contribution is 0.0184. The second-order valence-electron chi connectivity index (χ2n) is 19.7. The van der Waals surface area contributed by atoms with Crippen molar-refractivity contribution in [2.24, 2.45) is 35.5 Å². The maximum atomic E-state index is 4.11. The fourth-order valence-electron chi connectivity index (χ4n) is 14.1. The highest BCUT2D eigenvalue weighted by Gasteiger charge is 2.62. The Morgan fingerprint density at radius 2 is 1.07 bits per heavy atom. The van der Waals surface area contributed by atoms with Crippen LogP contribution in [0.3, 0.4) is 0 Å². The van der Waals surface area contributed by atoms with Crippen LogP contribution >= 0.6 is 15.8 Å². The molecule has 1 aromatic carbocycles. The third kappa shape index (κ3) is 5.94. The van der Waals surface area contributed by atoms with Crippen LogP contribution in [0.5, 0.6) is 0 Å². The molecular formula is C42H66N2P2. The highest BCUT2D eigenvalue weighted by Crippen LogP contribution is 2.79. The molecule has 0 aromatic heterocycles. The Hall–Kier alpha value is -0.0000000000000000555. The lowest BCUT2D eigenvalue weighted by Gasteiger charge is -2.67. The van der Waals surface area contributed by atoms with Crippen LogP contribution in [0.1, 0.15) is 153 Å². The van der Waals surface area contributed by atoms with Crippen molar-refractivity contribution in [3.8, 4) is 0 Å². The zero-order valence-corrected chi connectivity index (χ0v) is 31.6. The molecule has 2 nitrogen and oxygen atoms in total. The third-order valence-electron chi connectivity index (χ3n) is 15.3. The van der Waals surface area contributed by atoms with Crippen LogP contribution < -0.4 is 10.6 Å². The van der Waals surface area contributed by atoms with Gasteiger partial charge in [0.1, 0.15) is 0 Å². The van der Waals surface area contributed by atoms with Crippen molar-refractivity contribution in [2.75, 3.05) is 13.1 Å². The number of hydrogen-bond acceptors (Lipinski definition) is 2. The molecule has 0 amide bonds. The van der Waals surface area contributed by atoms with E-state index in [1.54, 1.807) is 88.2 Å². The number of hydrogen-bond donors (Lipinski definition) is 2. The number of rotatable bonds is 8. The quantitative estimate of drug-likeness (QED) is 0.271. The summed E-state index contributed by atoms with van der Waals surface area (Å²) in [7, 11) is -0.149. The van der Waals surface area contributed by atoms with Crippen molar-refractivity contribution < 1.29 is 0 Å². The summed E-state index contributed by atoms with van der Waals surface area (Å²) in [4.78, 5) is 0. The number of benzene rings is 1. The average Bonchev–Trinajstić information content (AvgIpc) is 3.02. The van der Waals surface area contributed by atoms with E-state index in [1.165, 1.54) is 63.9 Å². The van der Waals surface area contributed by atoms with E-state index >= 15 is 0 Å². The first-order valence-electron chi connectivity index (χ1n) is 20.4. The van der Waals surface area contributed by atoms with Crippen LogP contribution in [-0.2, 0) is 17.7 Å². The van der Waals surface area contributed by atoms with Gasteiger partial charge in [-0.2, -0.15) is 0 Å². The molecule has 10 fully saturated rings. The van der Waals surface area contributed by atoms with Crippen molar-refractivity contribution in [3.63, 3.8) is 0 Å². The van der Waals surface area contributed by atoms with Crippen LogP contribution in [0.2, 0.25) is 0 Å². The molecule has 2 heterocycles. The van der Waals surface area contributed by atoms with Crippen molar-refractivity contribution in [2.45, 2.75) is 176 Å². The second kappa shape index (κ2) is 12.3. The Labute approximate surface area is 285 Å². The monoisotopic (exact) mass is 660 g/mol. The lowest BCUT2D eigenvalue weighted by Crippen LogP contribution is -2.56. The largest absolute Gasteiger partial charge is 0.310 e. The summed E-state index contributed by atoms with van der Waals surface area (Å²) in [6, 6.07) is 8.12. The first kappa shape index (κ1) is 31.9. The Balaban J connectivity index is 1.11. The van der Waals surface area contributed by atoms with Gasteiger partial charge in [0, 0.05) is 11.6 Å². The minimum absolute atomic E-state index is 0.0171. The summed E-state index contributed by atoms with van der Waals surface area (Å²) >= 11 is 0. The molecule has 8 aliphatic carbocycles. The molecule has 4 heteroatoms. The van der Waals surface area contributed by atoms with Gasteiger partial charge >= 0.3 is 0 Å². The highest BCUT2D eigenvalue weighted by atomic mass is 31.1. The summed E-state index contributed by atoms with van der Waals surface area (Å²) in [5.41, 5.74) is 5.44. The summed E-state index contributed by atoms with van der Waals surface area (Å²) in [6.45, 7) is 9.86. The SMILES string of the molecule is CC(C)(C)c1ccc(CP(C23CC4CC(CC(C4)C2)C3)C23CC4CC(CC(C4)C2)C3)c(CP(C2CCCCN2)C2CCCCN2)c1. The molecular weight excluding hydrogens is 594 g/mol. The molecule has 2 N–H and O–H groups in total. The minimum Gasteiger partial charge on any atom is -0.310 e. The van der Waals surface area contributed by atoms with Gasteiger partial charge in [-0.25, -0.2) is 0 Å². The molecule has 11 rings (SSSR count). The van der Waals surface area contributed by atoms with Crippen LogP contribution in [0.25, 0.3) is 0 Å². The third-order valence-corrected chi connectivity index (χ3v) is 22.5. The molecule has 2 saturated heterocycles. The first-order valence-corrected chi connectivity index (χ1v) is 23.6. The van der Waals surface area contributed by atoms with Crippen molar-refractivity contribution in [1.29, 1.82) is 0 Å². The van der Waals surface area contributed by atoms with Crippen LogP contribution in [-0.4, -0.2) is 35.0 Å². The zero-order valence-electron chi connectivity index (χ0n) is 29.8. The molecule has 1 aromatic rings. The smallest absolute Gasteiger partial charge is 0.0286 e. The molecule has 8 bridgehead atoms. The summed E-state index contributed by atoms with van der Waals surface area (Å²) in [6.07, 6.45) is 30.7. The van der Waals surface area contributed by atoms with E-state index in [9.17, 15) is 0 Å². The van der Waals surface area contributed by atoms with Crippen LogP contribution in [0, 0.1) is 35.5 Å². The van der Waals surface area contributed by atoms with Gasteiger partial charge in [-0.1, -0.05) is 67.7 Å². The van der Waals surface area contributed by atoms with Crippen LogP contribution in [0.4, 0.5) is 0 Å². The Morgan fingerprint density at radius 1 is 0.609 bits per heavy atom. The summed E-state index contributed by atoms with van der Waals surface area (Å²) < 4.78 is 0. The Kier molecular flexibility index (Phi) is 8.57. The molecule has 2 unspecified atom stereocenters. The van der Waals surface area contributed by atoms with Crippen molar-refractivity contribution in [1.82, 2.24) is 10.6 Å². The summed E-state index contributed by atoms with van der Waals surface area (Å²) in [5, 5.41) is 9.66. The normalized spacial score (nSPS) is 44.4. The molecule has 2 atom stereocenters. The fraction of sp³-hybridized carbons (Fsp3) is 0.857. The average molecular weight is 661 g/mol. The molecule has 8 saturated carbocycles. The van der Waals surface area contributed by atoms with Gasteiger partial charge in [-0.15, -0.1) is 0 Å². The highest BCUT2D eigenvalue weighted by molar-refractivity contribution is 7.60. The second-order valence-corrected chi connectivity index (χ2v) is 25.4. The van der Waals surface area contributed by atoms with Gasteiger partial charge < -0.3 is 10.6 Å². The van der Waals surface area contributed by atoms with Gasteiger partial charge in [0.25, 0.3) is 0 Å². The Morgan fingerprint density at radius 3 is 1.46 bits per heavy atom. The maximum absolute atomic E-state index is 4.11. The topological polar surface area (TPSA) is 24.1 Å². The van der Waals surface area contributed by atoms with Gasteiger partial charge in [0.15, 0.2) is 0 Å². The van der Waals surface area contributed by atoms with Gasteiger partial charge in [-0.05, 0) is 196 Å². The van der Waals surface area contributed by atoms with Crippen molar-refractivity contribution in [3.05, 3.63) is 34.9 Å². The lowest BCUT2D eigenvalue weighted by atomic mass is 9.55. The van der Waals surface area contributed by atoms with E-state index in [0.717, 1.165) is 57.4 Å². The predicted molar refractivity (Wildman–Crippen MR) is 199 cm³/mol. The van der Waals surface area contributed by atoms with Crippen LogP contribution in [0.15, 0.2) is 18.2 Å². The fourth-order valence-corrected chi connectivity index (χ4v) is 22.6. The molecule has 254 valence electrons. The standard InChI is InChI=1S/C42H66N2P2/c1-40(2,3)37-11-10-35(36(20-37)27-45(38-8-4-6-12-43-38)39-9-5-7-13-44-39)28-46(41-21-29-14-30(22-41)16-31(15-29)23-41)42-24-32-17-33(25-42)19-34(18-32)26-42/h10-11,20,29-34,38-39,43-44H,4-9,12-19,21-28H2,1-3H3. The summed E-state index contributed by atoms with van der Waals surface area (Å²) in [5.74, 6) is 7.97. The van der Waals surface area contributed by atoms with Gasteiger partial charge in [-0.3, -0.25) is 0 Å². The molecule has 0 spiro atoms. The van der Waals surface area contributed by atoms with Gasteiger partial charge in [0.05, 0.1) is 0 Å². The molecule has 2 aliphatic heterocycles. The van der Waals surface area contributed by atoms with E-state index in [0.29, 0.717) is 0 Å². The minimum atomic E-state index is -0.132.